The molecular weight excluding hydrogens is 220 g/mol. The van der Waals surface area contributed by atoms with Gasteiger partial charge in [0.05, 0.1) is 11.6 Å². The number of hydrogen-bond acceptors (Lipinski definition) is 3. The number of amides is 1. The van der Waals surface area contributed by atoms with Crippen molar-refractivity contribution in [1.29, 1.82) is 0 Å². The second kappa shape index (κ2) is 5.46. The van der Waals surface area contributed by atoms with Crippen molar-refractivity contribution in [1.82, 2.24) is 5.32 Å². The molecule has 0 aliphatic rings. The molecule has 0 aromatic carbocycles. The van der Waals surface area contributed by atoms with E-state index < -0.39 is 5.54 Å². The van der Waals surface area contributed by atoms with Crippen LogP contribution in [0.15, 0.2) is 17.5 Å². The van der Waals surface area contributed by atoms with Crippen LogP contribution < -0.4 is 11.1 Å². The van der Waals surface area contributed by atoms with Crippen LogP contribution in [0.5, 0.6) is 0 Å². The summed E-state index contributed by atoms with van der Waals surface area (Å²) in [5, 5.41) is 4.98. The summed E-state index contributed by atoms with van der Waals surface area (Å²) in [5.74, 6) is -0.0570. The van der Waals surface area contributed by atoms with Gasteiger partial charge in [-0.15, -0.1) is 11.3 Å². The van der Waals surface area contributed by atoms with Gasteiger partial charge in [-0.05, 0) is 31.2 Å². The second-order valence-electron chi connectivity index (χ2n) is 4.07. The van der Waals surface area contributed by atoms with E-state index in [2.05, 4.69) is 5.32 Å². The first-order valence-electron chi connectivity index (χ1n) is 5.66. The van der Waals surface area contributed by atoms with E-state index in [0.29, 0.717) is 12.8 Å². The molecule has 0 fully saturated rings. The monoisotopic (exact) mass is 240 g/mol. The first-order valence-corrected chi connectivity index (χ1v) is 6.54. The highest BCUT2D eigenvalue weighted by atomic mass is 32.1. The van der Waals surface area contributed by atoms with Gasteiger partial charge >= 0.3 is 0 Å². The molecule has 1 aromatic heterocycles. The molecule has 0 spiro atoms. The summed E-state index contributed by atoms with van der Waals surface area (Å²) in [6, 6.07) is 4.04. The Hall–Kier alpha value is -0.870. The topological polar surface area (TPSA) is 55.1 Å². The number of carbonyl (C=O) groups excluding carboxylic acids is 1. The third kappa shape index (κ3) is 2.83. The van der Waals surface area contributed by atoms with E-state index >= 15 is 0 Å². The average molecular weight is 240 g/mol. The van der Waals surface area contributed by atoms with Gasteiger partial charge in [-0.25, -0.2) is 0 Å². The van der Waals surface area contributed by atoms with Crippen LogP contribution in [0.1, 0.15) is 44.5 Å². The van der Waals surface area contributed by atoms with Crippen LogP contribution in [0.25, 0.3) is 0 Å². The van der Waals surface area contributed by atoms with Gasteiger partial charge in [-0.1, -0.05) is 19.9 Å². The van der Waals surface area contributed by atoms with Crippen LogP contribution in [-0.4, -0.2) is 11.4 Å². The first-order chi connectivity index (χ1) is 7.53. The predicted molar refractivity (Wildman–Crippen MR) is 68.4 cm³/mol. The normalized spacial score (nSPS) is 13.5. The van der Waals surface area contributed by atoms with Gasteiger partial charge in [0, 0.05) is 4.88 Å². The molecule has 1 unspecified atom stereocenters. The zero-order valence-electron chi connectivity index (χ0n) is 10.1. The molecule has 16 heavy (non-hydrogen) atoms. The lowest BCUT2D eigenvalue weighted by Crippen LogP contribution is -2.53. The van der Waals surface area contributed by atoms with E-state index in [0.717, 1.165) is 4.88 Å². The molecule has 1 atom stereocenters. The maximum absolute atomic E-state index is 12.0. The number of nitrogens with two attached hydrogens (primary N) is 1. The fourth-order valence-corrected chi connectivity index (χ4v) is 2.25. The Labute approximate surface area is 101 Å². The van der Waals surface area contributed by atoms with Gasteiger partial charge in [0.25, 0.3) is 0 Å². The molecule has 1 rings (SSSR count). The molecule has 0 saturated carbocycles. The van der Waals surface area contributed by atoms with Crippen LogP contribution in [0.4, 0.5) is 0 Å². The van der Waals surface area contributed by atoms with Gasteiger partial charge in [-0.2, -0.15) is 0 Å². The fraction of sp³-hybridized carbons (Fsp3) is 0.583. The van der Waals surface area contributed by atoms with Crippen molar-refractivity contribution in [3.05, 3.63) is 22.4 Å². The summed E-state index contributed by atoms with van der Waals surface area (Å²) in [4.78, 5) is 13.2. The third-order valence-corrected chi connectivity index (χ3v) is 4.09. The van der Waals surface area contributed by atoms with E-state index in [9.17, 15) is 4.79 Å². The Morgan fingerprint density at radius 2 is 2.19 bits per heavy atom. The van der Waals surface area contributed by atoms with Gasteiger partial charge < -0.3 is 11.1 Å². The Morgan fingerprint density at radius 3 is 2.62 bits per heavy atom. The van der Waals surface area contributed by atoms with E-state index in [1.54, 1.807) is 11.3 Å². The Bertz CT molecular complexity index is 331. The maximum atomic E-state index is 12.0. The number of hydrogen-bond donors (Lipinski definition) is 2. The van der Waals surface area contributed by atoms with Gasteiger partial charge in [0.1, 0.15) is 0 Å². The molecule has 90 valence electrons. The highest BCUT2D eigenvalue weighted by molar-refractivity contribution is 7.10. The van der Waals surface area contributed by atoms with Crippen molar-refractivity contribution in [2.75, 3.05) is 0 Å². The third-order valence-electron chi connectivity index (χ3n) is 3.03. The molecule has 0 aliphatic carbocycles. The fourth-order valence-electron chi connectivity index (χ4n) is 1.52. The van der Waals surface area contributed by atoms with Crippen molar-refractivity contribution >= 4 is 17.2 Å². The Kier molecular flexibility index (Phi) is 4.50. The lowest BCUT2D eigenvalue weighted by Gasteiger charge is -2.27. The lowest BCUT2D eigenvalue weighted by atomic mass is 9.93. The van der Waals surface area contributed by atoms with Crippen molar-refractivity contribution in [2.24, 2.45) is 5.73 Å². The van der Waals surface area contributed by atoms with E-state index in [1.165, 1.54) is 0 Å². The number of nitrogens with one attached hydrogen (secondary N) is 1. The molecule has 0 bridgehead atoms. The maximum Gasteiger partial charge on any atom is 0.240 e. The number of rotatable bonds is 5. The highest BCUT2D eigenvalue weighted by Gasteiger charge is 2.30. The van der Waals surface area contributed by atoms with E-state index in [4.69, 9.17) is 5.73 Å². The largest absolute Gasteiger partial charge is 0.347 e. The van der Waals surface area contributed by atoms with Crippen LogP contribution in [0.2, 0.25) is 0 Å². The molecule has 0 radical (unpaired) electrons. The van der Waals surface area contributed by atoms with Crippen LogP contribution in [-0.2, 0) is 4.79 Å². The van der Waals surface area contributed by atoms with Crippen molar-refractivity contribution in [3.63, 3.8) is 0 Å². The standard InChI is InChI=1S/C12H20N2OS/c1-4-12(13,5-2)11(15)14-9(3)10-7-6-8-16-10/h6-9H,4-5,13H2,1-3H3,(H,14,15). The molecule has 4 heteroatoms. The molecule has 3 N–H and O–H groups in total. The summed E-state index contributed by atoms with van der Waals surface area (Å²) in [6.07, 6.45) is 1.32. The van der Waals surface area contributed by atoms with E-state index in [1.807, 2.05) is 38.3 Å². The van der Waals surface area contributed by atoms with Crippen LogP contribution >= 0.6 is 11.3 Å². The summed E-state index contributed by atoms with van der Waals surface area (Å²) < 4.78 is 0. The van der Waals surface area contributed by atoms with Crippen LogP contribution in [0.3, 0.4) is 0 Å². The molecule has 1 heterocycles. The highest BCUT2D eigenvalue weighted by Crippen LogP contribution is 2.20. The Balaban J connectivity index is 2.64. The Morgan fingerprint density at radius 1 is 1.56 bits per heavy atom. The van der Waals surface area contributed by atoms with Crippen molar-refractivity contribution in [2.45, 2.75) is 45.2 Å². The molecule has 0 aliphatic heterocycles. The minimum atomic E-state index is -0.731. The molecule has 1 aromatic rings. The smallest absolute Gasteiger partial charge is 0.240 e. The zero-order valence-corrected chi connectivity index (χ0v) is 10.9. The zero-order chi connectivity index (χ0) is 12.2. The van der Waals surface area contributed by atoms with Gasteiger partial charge in [-0.3, -0.25) is 4.79 Å². The minimum absolute atomic E-state index is 0.0357. The number of carbonyl (C=O) groups is 1. The first kappa shape index (κ1) is 13.2. The van der Waals surface area contributed by atoms with Crippen molar-refractivity contribution < 1.29 is 4.79 Å². The molecule has 3 nitrogen and oxygen atoms in total. The SMILES string of the molecule is CCC(N)(CC)C(=O)NC(C)c1cccs1. The summed E-state index contributed by atoms with van der Waals surface area (Å²) in [6.45, 7) is 5.87. The van der Waals surface area contributed by atoms with Gasteiger partial charge in [0.2, 0.25) is 5.91 Å². The molecule has 0 saturated heterocycles. The summed E-state index contributed by atoms with van der Waals surface area (Å²) in [7, 11) is 0. The van der Waals surface area contributed by atoms with Crippen molar-refractivity contribution in [3.8, 4) is 0 Å². The summed E-state index contributed by atoms with van der Waals surface area (Å²) in [5.41, 5.74) is 5.30. The predicted octanol–water partition coefficient (Wildman–Crippen LogP) is 2.44. The van der Waals surface area contributed by atoms with E-state index in [-0.39, 0.29) is 11.9 Å². The second-order valence-corrected chi connectivity index (χ2v) is 5.05. The van der Waals surface area contributed by atoms with Crippen LogP contribution in [0, 0.1) is 0 Å². The molecular formula is C12H20N2OS. The summed E-state index contributed by atoms with van der Waals surface area (Å²) >= 11 is 1.64. The minimum Gasteiger partial charge on any atom is -0.347 e. The average Bonchev–Trinajstić information content (AvgIpc) is 2.81. The lowest BCUT2D eigenvalue weighted by molar-refractivity contribution is -0.127. The quantitative estimate of drug-likeness (QED) is 0.830. The van der Waals surface area contributed by atoms with Gasteiger partial charge in [0.15, 0.2) is 0 Å². The number of thiophene rings is 1. The molecule has 1 amide bonds.